The number of hydrogen-bond donors (Lipinski definition) is 0. The lowest BCUT2D eigenvalue weighted by atomic mass is 10.00. The lowest BCUT2D eigenvalue weighted by Crippen LogP contribution is -2.24. The fraction of sp³-hybridized carbons (Fsp3) is 0.786. The van der Waals surface area contributed by atoms with E-state index < -0.39 is 0 Å². The van der Waals surface area contributed by atoms with Gasteiger partial charge in [0.2, 0.25) is 0 Å². The molecular formula is C56H96S2. The molecule has 0 spiro atoms. The molecule has 2 aromatic rings. The molecule has 0 aliphatic heterocycles. The van der Waals surface area contributed by atoms with Crippen LogP contribution in [0.25, 0.3) is 0 Å². The predicted octanol–water partition coefficient (Wildman–Crippen LogP) is 20.1. The quantitative estimate of drug-likeness (QED) is 0.0485. The first-order chi connectivity index (χ1) is 28.7. The fourth-order valence-electron chi connectivity index (χ4n) is 9.21. The number of benzene rings is 2. The van der Waals surface area contributed by atoms with E-state index in [1.54, 1.807) is 11.1 Å². The predicted molar refractivity (Wildman–Crippen MR) is 268 cm³/mol. The maximum atomic E-state index is 2.44. The lowest BCUT2D eigenvalue weighted by molar-refractivity contribution is 0.490. The van der Waals surface area contributed by atoms with E-state index in [1.165, 1.54) is 262 Å². The molecule has 0 N–H and O–H groups in total. The molecule has 2 aromatic carbocycles. The Bertz CT molecular complexity index is 1060. The van der Waals surface area contributed by atoms with Gasteiger partial charge in [0.05, 0.1) is 4.08 Å². The minimum absolute atomic E-state index is 0.386. The van der Waals surface area contributed by atoms with E-state index in [1.807, 2.05) is 0 Å². The van der Waals surface area contributed by atoms with Gasteiger partial charge in [-0.1, -0.05) is 274 Å². The van der Waals surface area contributed by atoms with Gasteiger partial charge in [0.15, 0.2) is 0 Å². The van der Waals surface area contributed by atoms with Crippen LogP contribution in [-0.4, -0.2) is 4.08 Å². The summed E-state index contributed by atoms with van der Waals surface area (Å²) in [6, 6.07) is 19.5. The summed E-state index contributed by atoms with van der Waals surface area (Å²) in [6.07, 6.45) is 55.6. The van der Waals surface area contributed by atoms with Crippen molar-refractivity contribution in [2.75, 3.05) is 0 Å². The highest BCUT2D eigenvalue weighted by Crippen LogP contribution is 2.50. The van der Waals surface area contributed by atoms with Gasteiger partial charge < -0.3 is 0 Å². The molecule has 0 saturated heterocycles. The van der Waals surface area contributed by atoms with Crippen LogP contribution >= 0.6 is 23.5 Å². The summed E-state index contributed by atoms with van der Waals surface area (Å²) in [7, 11) is 0. The van der Waals surface area contributed by atoms with E-state index in [2.05, 4.69) is 85.9 Å². The van der Waals surface area contributed by atoms with Crippen LogP contribution in [0.1, 0.15) is 274 Å². The molecule has 1 saturated carbocycles. The Morgan fingerprint density at radius 1 is 0.310 bits per heavy atom. The second-order valence-electron chi connectivity index (χ2n) is 18.8. The molecule has 0 aromatic heterocycles. The van der Waals surface area contributed by atoms with E-state index in [9.17, 15) is 0 Å². The van der Waals surface area contributed by atoms with Crippen molar-refractivity contribution in [1.29, 1.82) is 0 Å². The summed E-state index contributed by atoms with van der Waals surface area (Å²) in [6.45, 7) is 4.62. The third-order valence-corrected chi connectivity index (χ3v) is 16.8. The topological polar surface area (TPSA) is 0 Å². The summed E-state index contributed by atoms with van der Waals surface area (Å²) in [5.41, 5.74) is 6.12. The highest BCUT2D eigenvalue weighted by molar-refractivity contribution is 8.17. The van der Waals surface area contributed by atoms with Gasteiger partial charge in [-0.05, 0) is 60.8 Å². The van der Waals surface area contributed by atoms with Crippen molar-refractivity contribution in [3.8, 4) is 0 Å². The first-order valence-electron chi connectivity index (χ1n) is 26.2. The van der Waals surface area contributed by atoms with Crippen molar-refractivity contribution >= 4 is 23.5 Å². The van der Waals surface area contributed by atoms with Crippen LogP contribution in [0.4, 0.5) is 0 Å². The van der Waals surface area contributed by atoms with Gasteiger partial charge in [-0.15, -0.1) is 23.5 Å². The van der Waals surface area contributed by atoms with Crippen LogP contribution in [0.5, 0.6) is 0 Å². The van der Waals surface area contributed by atoms with Crippen molar-refractivity contribution in [3.05, 3.63) is 70.8 Å². The second-order valence-corrected chi connectivity index (χ2v) is 21.8. The van der Waals surface area contributed by atoms with Gasteiger partial charge in [-0.25, -0.2) is 0 Å². The minimum atomic E-state index is 0.386. The number of unbranched alkanes of at least 4 members (excludes halogenated alkanes) is 30. The van der Waals surface area contributed by atoms with Crippen molar-refractivity contribution in [2.45, 2.75) is 280 Å². The van der Waals surface area contributed by atoms with E-state index in [-0.39, 0.29) is 0 Å². The van der Waals surface area contributed by atoms with Crippen molar-refractivity contribution in [2.24, 2.45) is 0 Å². The standard InChI is InChI=1S/C56H96S2/c1-3-5-7-9-11-13-15-17-19-21-23-25-27-29-31-34-38-52-40-44-54(45-41-52)50-57-56(48-36-33-37-49-56)58-51-55-46-42-53(43-47-55)39-35-32-30-28-26-24-22-20-18-16-14-12-10-8-6-4-2/h40-47H,3-39,48-51H2,1-2H3. The average Bonchev–Trinajstić information content (AvgIpc) is 3.26. The molecule has 3 rings (SSSR count). The van der Waals surface area contributed by atoms with Gasteiger partial charge >= 0.3 is 0 Å². The van der Waals surface area contributed by atoms with E-state index in [0.29, 0.717) is 4.08 Å². The maximum Gasteiger partial charge on any atom is 0.0617 e. The van der Waals surface area contributed by atoms with Gasteiger partial charge in [0.25, 0.3) is 0 Å². The fourth-order valence-corrected chi connectivity index (χ4v) is 12.3. The third-order valence-electron chi connectivity index (χ3n) is 13.3. The molecule has 0 amide bonds. The molecule has 58 heavy (non-hydrogen) atoms. The lowest BCUT2D eigenvalue weighted by Gasteiger charge is -2.36. The molecule has 1 fully saturated rings. The summed E-state index contributed by atoms with van der Waals surface area (Å²) in [4.78, 5) is 0. The number of thioether (sulfide) groups is 2. The molecule has 1 aliphatic rings. The summed E-state index contributed by atoms with van der Waals surface area (Å²) < 4.78 is 0.386. The van der Waals surface area contributed by atoms with Crippen LogP contribution in [0.15, 0.2) is 48.5 Å². The summed E-state index contributed by atoms with van der Waals surface area (Å²) in [5.74, 6) is 2.31. The zero-order chi connectivity index (χ0) is 40.9. The van der Waals surface area contributed by atoms with E-state index >= 15 is 0 Å². The van der Waals surface area contributed by atoms with Crippen molar-refractivity contribution < 1.29 is 0 Å². The van der Waals surface area contributed by atoms with Crippen LogP contribution in [-0.2, 0) is 24.3 Å². The van der Waals surface area contributed by atoms with Gasteiger partial charge in [0, 0.05) is 11.5 Å². The zero-order valence-electron chi connectivity index (χ0n) is 38.9. The third kappa shape index (κ3) is 27.2. The Kier molecular flexibility index (Phi) is 32.6. The zero-order valence-corrected chi connectivity index (χ0v) is 40.6. The molecule has 0 radical (unpaired) electrons. The van der Waals surface area contributed by atoms with Gasteiger partial charge in [0.1, 0.15) is 0 Å². The maximum absolute atomic E-state index is 2.44. The van der Waals surface area contributed by atoms with Crippen molar-refractivity contribution in [1.82, 2.24) is 0 Å². The molecular weight excluding hydrogens is 737 g/mol. The Morgan fingerprint density at radius 2 is 0.552 bits per heavy atom. The molecule has 0 unspecified atom stereocenters. The SMILES string of the molecule is CCCCCCCCCCCCCCCCCCc1ccc(CSC2(SCc3ccc(CCCCCCCCCCCCCCCCCC)cc3)CCCCC2)cc1. The van der Waals surface area contributed by atoms with E-state index in [0.717, 1.165) is 11.5 Å². The minimum Gasteiger partial charge on any atom is -0.139 e. The second kappa shape index (κ2) is 36.8. The van der Waals surface area contributed by atoms with Crippen LogP contribution < -0.4 is 0 Å². The number of rotatable bonds is 40. The molecule has 0 bridgehead atoms. The van der Waals surface area contributed by atoms with Crippen LogP contribution in [0.3, 0.4) is 0 Å². The molecule has 0 atom stereocenters. The molecule has 332 valence electrons. The van der Waals surface area contributed by atoms with Crippen LogP contribution in [0, 0.1) is 0 Å². The molecule has 0 nitrogen and oxygen atoms in total. The molecule has 2 heteroatoms. The normalized spacial score (nSPS) is 14.0. The summed E-state index contributed by atoms with van der Waals surface area (Å²) in [5, 5.41) is 0. The highest BCUT2D eigenvalue weighted by atomic mass is 32.2. The number of hydrogen-bond acceptors (Lipinski definition) is 2. The monoisotopic (exact) mass is 833 g/mol. The Balaban J connectivity index is 1.18. The Labute approximate surface area is 372 Å². The first-order valence-corrected chi connectivity index (χ1v) is 28.1. The highest BCUT2D eigenvalue weighted by Gasteiger charge is 2.33. The largest absolute Gasteiger partial charge is 0.139 e. The van der Waals surface area contributed by atoms with Gasteiger partial charge in [-0.3, -0.25) is 0 Å². The molecule has 1 aliphatic carbocycles. The first kappa shape index (κ1) is 51.5. The Morgan fingerprint density at radius 3 is 0.828 bits per heavy atom. The average molecular weight is 834 g/mol. The summed E-state index contributed by atoms with van der Waals surface area (Å²) >= 11 is 4.51. The smallest absolute Gasteiger partial charge is 0.0617 e. The van der Waals surface area contributed by atoms with E-state index in [4.69, 9.17) is 0 Å². The van der Waals surface area contributed by atoms with Crippen LogP contribution in [0.2, 0.25) is 0 Å². The van der Waals surface area contributed by atoms with Crippen molar-refractivity contribution in [3.63, 3.8) is 0 Å². The van der Waals surface area contributed by atoms with Gasteiger partial charge in [-0.2, -0.15) is 0 Å². The molecule has 0 heterocycles. The number of aryl methyl sites for hydroxylation is 2. The Hall–Kier alpha value is -0.860.